The first-order valence-electron chi connectivity index (χ1n) is 10.1. The molecule has 0 radical (unpaired) electrons. The average molecular weight is 414 g/mol. The highest BCUT2D eigenvalue weighted by molar-refractivity contribution is 5.85. The van der Waals surface area contributed by atoms with Crippen LogP contribution in [0.5, 0.6) is 0 Å². The zero-order valence-electron chi connectivity index (χ0n) is 16.1. The van der Waals surface area contributed by atoms with Crippen molar-refractivity contribution in [3.05, 3.63) is 76.9 Å². The Morgan fingerprint density at radius 1 is 1.00 bits per heavy atom. The van der Waals surface area contributed by atoms with Crippen molar-refractivity contribution in [3.8, 4) is 0 Å². The van der Waals surface area contributed by atoms with E-state index in [1.165, 1.54) is 27.8 Å². The molecule has 1 saturated heterocycles. The number of nitrogens with zero attached hydrogens (tertiary/aromatic N) is 1. The van der Waals surface area contributed by atoms with Crippen LogP contribution in [0.2, 0.25) is 0 Å². The van der Waals surface area contributed by atoms with Gasteiger partial charge in [-0.1, -0.05) is 68.5 Å². The minimum Gasteiger partial charge on any atom is -0.480 e. The van der Waals surface area contributed by atoms with Crippen molar-refractivity contribution in [1.29, 1.82) is 0 Å². The van der Waals surface area contributed by atoms with Crippen molar-refractivity contribution in [2.24, 2.45) is 0 Å². The van der Waals surface area contributed by atoms with Crippen LogP contribution in [0.3, 0.4) is 0 Å². The van der Waals surface area contributed by atoms with E-state index in [9.17, 15) is 9.90 Å². The molecule has 1 heterocycles. The van der Waals surface area contributed by atoms with Crippen molar-refractivity contribution in [1.82, 2.24) is 4.90 Å². The number of hydrogen-bond donors (Lipinski definition) is 1. The number of benzene rings is 2. The number of rotatable bonds is 4. The number of piperidine rings is 1. The lowest BCUT2D eigenvalue weighted by Gasteiger charge is -2.32. The maximum Gasteiger partial charge on any atom is 0.320 e. The summed E-state index contributed by atoms with van der Waals surface area (Å²) in [7, 11) is 0. The van der Waals surface area contributed by atoms with Gasteiger partial charge < -0.3 is 5.11 Å². The van der Waals surface area contributed by atoms with Crippen LogP contribution in [0, 0.1) is 0 Å². The van der Waals surface area contributed by atoms with Crippen molar-refractivity contribution < 1.29 is 9.90 Å². The first-order valence-corrected chi connectivity index (χ1v) is 10.1. The van der Waals surface area contributed by atoms with E-state index in [0.717, 1.165) is 51.6 Å². The first-order chi connectivity index (χ1) is 13.2. The number of halogens is 1. The summed E-state index contributed by atoms with van der Waals surface area (Å²) in [4.78, 5) is 13.7. The standard InChI is InChI=1S/C24H27NO2.CH4.ClH/c26-24(27)23-13-5-6-16-25(23)17-7-12-22-20-10-3-1-8-18(20)14-15-19-9-2-4-11-21(19)22;;/h1-4,8-12,23H,5-7,13-17H2,(H,26,27);1H4;1H. The van der Waals surface area contributed by atoms with Crippen LogP contribution in [-0.4, -0.2) is 35.1 Å². The Morgan fingerprint density at radius 2 is 1.59 bits per heavy atom. The third-order valence-electron chi connectivity index (χ3n) is 5.94. The molecular weight excluding hydrogens is 382 g/mol. The maximum atomic E-state index is 11.5. The number of carbonyl (C=O) groups is 1. The van der Waals surface area contributed by atoms with Gasteiger partial charge in [0, 0.05) is 6.54 Å². The molecule has 0 aromatic heterocycles. The van der Waals surface area contributed by atoms with Crippen LogP contribution in [0.4, 0.5) is 0 Å². The van der Waals surface area contributed by atoms with Crippen LogP contribution < -0.4 is 0 Å². The lowest BCUT2D eigenvalue weighted by Crippen LogP contribution is -2.44. The lowest BCUT2D eigenvalue weighted by atomic mass is 9.93. The zero-order valence-corrected chi connectivity index (χ0v) is 17.0. The minimum atomic E-state index is -0.674. The summed E-state index contributed by atoms with van der Waals surface area (Å²) < 4.78 is 0. The van der Waals surface area contributed by atoms with Gasteiger partial charge in [0.2, 0.25) is 0 Å². The molecule has 2 aromatic carbocycles. The number of hydrogen-bond acceptors (Lipinski definition) is 2. The van der Waals surface area contributed by atoms with Crippen LogP contribution in [0.15, 0.2) is 54.6 Å². The van der Waals surface area contributed by atoms with Gasteiger partial charge in [0.25, 0.3) is 0 Å². The van der Waals surface area contributed by atoms with Gasteiger partial charge in [-0.2, -0.15) is 0 Å². The second kappa shape index (κ2) is 10.6. The third-order valence-corrected chi connectivity index (χ3v) is 5.94. The SMILES string of the molecule is C.Cl.O=C(O)C1CCCCN1CCC=C1c2ccccc2CCc2ccccc21. The van der Waals surface area contributed by atoms with E-state index in [1.54, 1.807) is 0 Å². The summed E-state index contributed by atoms with van der Waals surface area (Å²) in [6.07, 6.45) is 8.24. The molecule has 0 saturated carbocycles. The number of aryl methyl sites for hydroxylation is 2. The van der Waals surface area contributed by atoms with E-state index < -0.39 is 5.97 Å². The molecule has 29 heavy (non-hydrogen) atoms. The fourth-order valence-corrected chi connectivity index (χ4v) is 4.55. The number of carboxylic acid groups (broad SMARTS) is 1. The average Bonchev–Trinajstić information content (AvgIpc) is 2.86. The number of fused-ring (bicyclic) bond motifs is 2. The molecule has 2 aliphatic rings. The lowest BCUT2D eigenvalue weighted by molar-refractivity contribution is -0.144. The van der Waals surface area contributed by atoms with E-state index in [4.69, 9.17) is 0 Å². The smallest absolute Gasteiger partial charge is 0.320 e. The highest BCUT2D eigenvalue weighted by atomic mass is 35.5. The first kappa shape index (κ1) is 23.2. The van der Waals surface area contributed by atoms with Gasteiger partial charge in [0.05, 0.1) is 0 Å². The molecule has 4 rings (SSSR count). The highest BCUT2D eigenvalue weighted by Gasteiger charge is 2.27. The molecule has 1 aliphatic carbocycles. The second-order valence-corrected chi connectivity index (χ2v) is 7.61. The van der Waals surface area contributed by atoms with Gasteiger partial charge in [0.1, 0.15) is 6.04 Å². The van der Waals surface area contributed by atoms with Crippen LogP contribution in [0.1, 0.15) is 55.4 Å². The van der Waals surface area contributed by atoms with Crippen LogP contribution in [0.25, 0.3) is 5.57 Å². The number of aliphatic carboxylic acids is 1. The molecule has 156 valence electrons. The molecule has 3 nitrogen and oxygen atoms in total. The molecule has 0 bridgehead atoms. The van der Waals surface area contributed by atoms with Gasteiger partial charge in [-0.15, -0.1) is 12.4 Å². The summed E-state index contributed by atoms with van der Waals surface area (Å²) in [5, 5.41) is 9.50. The molecule has 1 fully saturated rings. The molecule has 4 heteroatoms. The largest absolute Gasteiger partial charge is 0.480 e. The molecule has 1 aliphatic heterocycles. The quantitative estimate of drug-likeness (QED) is 0.708. The number of carboxylic acids is 1. The highest BCUT2D eigenvalue weighted by Crippen LogP contribution is 2.33. The molecule has 0 spiro atoms. The Balaban J connectivity index is 0.00000150. The molecule has 1 unspecified atom stereocenters. The minimum absolute atomic E-state index is 0. The van der Waals surface area contributed by atoms with Gasteiger partial charge in [-0.25, -0.2) is 0 Å². The van der Waals surface area contributed by atoms with E-state index in [1.807, 2.05) is 0 Å². The molecule has 2 aromatic rings. The van der Waals surface area contributed by atoms with E-state index in [-0.39, 0.29) is 25.9 Å². The van der Waals surface area contributed by atoms with E-state index in [0.29, 0.717) is 0 Å². The summed E-state index contributed by atoms with van der Waals surface area (Å²) in [5.41, 5.74) is 6.78. The summed E-state index contributed by atoms with van der Waals surface area (Å²) >= 11 is 0. The second-order valence-electron chi connectivity index (χ2n) is 7.61. The third kappa shape index (κ3) is 5.09. The summed E-state index contributed by atoms with van der Waals surface area (Å²) in [6.45, 7) is 1.71. The fraction of sp³-hybridized carbons (Fsp3) is 0.400. The Bertz CT molecular complexity index is 812. The van der Waals surface area contributed by atoms with Crippen molar-refractivity contribution in [3.63, 3.8) is 0 Å². The monoisotopic (exact) mass is 413 g/mol. The van der Waals surface area contributed by atoms with Gasteiger partial charge >= 0.3 is 5.97 Å². The topological polar surface area (TPSA) is 40.5 Å². The van der Waals surface area contributed by atoms with Crippen molar-refractivity contribution >= 4 is 23.9 Å². The molecule has 0 amide bonds. The zero-order chi connectivity index (χ0) is 18.6. The predicted octanol–water partition coefficient (Wildman–Crippen LogP) is 5.60. The number of likely N-dealkylation sites (tertiary alicyclic amines) is 1. The van der Waals surface area contributed by atoms with Crippen molar-refractivity contribution in [2.45, 2.75) is 52.0 Å². The van der Waals surface area contributed by atoms with E-state index >= 15 is 0 Å². The predicted molar refractivity (Wildman–Crippen MR) is 123 cm³/mol. The maximum absolute atomic E-state index is 11.5. The molecule has 1 N–H and O–H groups in total. The summed E-state index contributed by atoms with van der Waals surface area (Å²) in [6, 6.07) is 17.1. The van der Waals surface area contributed by atoms with Gasteiger partial charge in [0.15, 0.2) is 0 Å². The van der Waals surface area contributed by atoms with Crippen LogP contribution in [-0.2, 0) is 17.6 Å². The van der Waals surface area contributed by atoms with Gasteiger partial charge in [-0.3, -0.25) is 9.69 Å². The Labute approximate surface area is 180 Å². The van der Waals surface area contributed by atoms with Gasteiger partial charge in [-0.05, 0) is 66.5 Å². The Hall–Kier alpha value is -2.10. The fourth-order valence-electron chi connectivity index (χ4n) is 4.55. The molecular formula is C25H32ClNO2. The summed E-state index contributed by atoms with van der Waals surface area (Å²) in [5.74, 6) is -0.674. The van der Waals surface area contributed by atoms with Crippen LogP contribution >= 0.6 is 12.4 Å². The normalized spacial score (nSPS) is 18.3. The van der Waals surface area contributed by atoms with Crippen molar-refractivity contribution in [2.75, 3.05) is 13.1 Å². The van der Waals surface area contributed by atoms with E-state index in [2.05, 4.69) is 59.5 Å². The molecule has 1 atom stereocenters. The Morgan fingerprint density at radius 3 is 2.17 bits per heavy atom. The Kier molecular flexibility index (Phi) is 8.48.